The largest absolute Gasteiger partial charge is 0.299 e. The molecule has 26 heavy (non-hydrogen) atoms. The van der Waals surface area contributed by atoms with E-state index in [9.17, 15) is 13.2 Å². The Morgan fingerprint density at radius 3 is 2.46 bits per heavy atom. The van der Waals surface area contributed by atoms with Gasteiger partial charge in [-0.05, 0) is 61.8 Å². The van der Waals surface area contributed by atoms with Crippen LogP contribution in [0, 0.1) is 5.92 Å². The van der Waals surface area contributed by atoms with E-state index in [0.717, 1.165) is 38.7 Å². The second-order valence-corrected chi connectivity index (χ2v) is 8.48. The van der Waals surface area contributed by atoms with Crippen molar-refractivity contribution >= 4 is 21.5 Å². The zero-order valence-corrected chi connectivity index (χ0v) is 15.6. The first kappa shape index (κ1) is 18.5. The lowest BCUT2D eigenvalue weighted by molar-refractivity contribution is 0.0835. The highest BCUT2D eigenvalue weighted by Gasteiger charge is 2.25. The molecule has 0 saturated carbocycles. The summed E-state index contributed by atoms with van der Waals surface area (Å²) in [4.78, 5) is 19.2. The van der Waals surface area contributed by atoms with Gasteiger partial charge in [0.25, 0.3) is 0 Å². The molecule has 1 aromatic heterocycles. The third-order valence-electron chi connectivity index (χ3n) is 4.56. The Balaban J connectivity index is 1.55. The number of carbonyl (C=O) groups is 1. The zero-order chi connectivity index (χ0) is 18.6. The van der Waals surface area contributed by atoms with Crippen molar-refractivity contribution in [2.75, 3.05) is 24.1 Å². The molecule has 2 heterocycles. The maximum Gasteiger partial charge on any atom is 0.229 e. The lowest BCUT2D eigenvalue weighted by Gasteiger charge is -2.31. The second-order valence-electron chi connectivity index (χ2n) is 6.73. The van der Waals surface area contributed by atoms with Crippen LogP contribution in [-0.2, 0) is 16.6 Å². The Hall–Kier alpha value is -2.25. The summed E-state index contributed by atoms with van der Waals surface area (Å²) in [7, 11) is -3.31. The molecule has 1 aliphatic rings. The van der Waals surface area contributed by atoms with Gasteiger partial charge in [0.15, 0.2) is 5.78 Å². The van der Waals surface area contributed by atoms with Crippen molar-refractivity contribution in [1.82, 2.24) is 9.88 Å². The van der Waals surface area contributed by atoms with Gasteiger partial charge >= 0.3 is 0 Å². The topological polar surface area (TPSA) is 79.4 Å². The molecule has 3 rings (SSSR count). The van der Waals surface area contributed by atoms with Gasteiger partial charge in [-0.25, -0.2) is 8.42 Å². The summed E-state index contributed by atoms with van der Waals surface area (Å²) in [6.45, 7) is 2.64. The molecular weight excluding hydrogens is 350 g/mol. The quantitative estimate of drug-likeness (QED) is 0.787. The smallest absolute Gasteiger partial charge is 0.229 e. The summed E-state index contributed by atoms with van der Waals surface area (Å²) >= 11 is 0. The molecule has 138 valence electrons. The fourth-order valence-electron chi connectivity index (χ4n) is 3.26. The molecule has 1 aliphatic heterocycles. The number of sulfonamides is 1. The second kappa shape index (κ2) is 7.97. The molecule has 0 amide bonds. The van der Waals surface area contributed by atoms with Crippen LogP contribution in [0.4, 0.5) is 5.69 Å². The molecule has 0 aliphatic carbocycles. The van der Waals surface area contributed by atoms with Crippen LogP contribution in [0.25, 0.3) is 0 Å². The molecule has 1 aromatic carbocycles. The molecule has 0 unspecified atom stereocenters. The Morgan fingerprint density at radius 1 is 1.19 bits per heavy atom. The van der Waals surface area contributed by atoms with Crippen molar-refractivity contribution in [3.8, 4) is 0 Å². The fraction of sp³-hybridized carbons (Fsp3) is 0.368. The van der Waals surface area contributed by atoms with E-state index in [0.29, 0.717) is 11.3 Å². The van der Waals surface area contributed by atoms with E-state index < -0.39 is 10.0 Å². The van der Waals surface area contributed by atoms with Gasteiger partial charge < -0.3 is 0 Å². The van der Waals surface area contributed by atoms with Gasteiger partial charge in [-0.15, -0.1) is 0 Å². The van der Waals surface area contributed by atoms with Gasteiger partial charge in [-0.2, -0.15) is 0 Å². The highest BCUT2D eigenvalue weighted by molar-refractivity contribution is 7.92. The minimum Gasteiger partial charge on any atom is -0.299 e. The first-order valence-corrected chi connectivity index (χ1v) is 10.5. The molecule has 0 bridgehead atoms. The van der Waals surface area contributed by atoms with Crippen LogP contribution in [0.2, 0.25) is 0 Å². The number of hydrogen-bond donors (Lipinski definition) is 1. The highest BCUT2D eigenvalue weighted by atomic mass is 32.2. The first-order chi connectivity index (χ1) is 12.4. The predicted octanol–water partition coefficient (Wildman–Crippen LogP) is 2.55. The molecule has 2 aromatic rings. The number of Topliss-reactive ketones (excluding diaryl/α,β-unsaturated/α-hetero) is 1. The van der Waals surface area contributed by atoms with Crippen molar-refractivity contribution in [1.29, 1.82) is 0 Å². The van der Waals surface area contributed by atoms with Crippen LogP contribution in [-0.4, -0.2) is 43.4 Å². The third kappa shape index (κ3) is 5.12. The Bertz CT molecular complexity index is 843. The van der Waals surface area contributed by atoms with Crippen molar-refractivity contribution in [2.24, 2.45) is 5.92 Å². The minimum atomic E-state index is -3.31. The summed E-state index contributed by atoms with van der Waals surface area (Å²) in [6, 6.07) is 10.7. The number of rotatable bonds is 6. The van der Waals surface area contributed by atoms with E-state index >= 15 is 0 Å². The lowest BCUT2D eigenvalue weighted by Crippen LogP contribution is -2.36. The van der Waals surface area contributed by atoms with Gasteiger partial charge in [-0.1, -0.05) is 6.07 Å². The number of likely N-dealkylation sites (tertiary alicyclic amines) is 1. The van der Waals surface area contributed by atoms with Gasteiger partial charge in [0.2, 0.25) is 10.0 Å². The number of carbonyl (C=O) groups excluding carboxylic acids is 1. The summed E-state index contributed by atoms with van der Waals surface area (Å²) in [6.07, 6.45) is 6.42. The molecule has 1 fully saturated rings. The van der Waals surface area contributed by atoms with Crippen molar-refractivity contribution in [2.45, 2.75) is 19.4 Å². The number of benzene rings is 1. The van der Waals surface area contributed by atoms with E-state index in [-0.39, 0.29) is 11.7 Å². The zero-order valence-electron chi connectivity index (χ0n) is 14.8. The van der Waals surface area contributed by atoms with Crippen molar-refractivity contribution < 1.29 is 13.2 Å². The van der Waals surface area contributed by atoms with Crippen LogP contribution in [0.5, 0.6) is 0 Å². The number of nitrogens with zero attached hydrogens (tertiary/aromatic N) is 2. The van der Waals surface area contributed by atoms with Gasteiger partial charge in [0.1, 0.15) is 0 Å². The highest BCUT2D eigenvalue weighted by Crippen LogP contribution is 2.23. The van der Waals surface area contributed by atoms with Gasteiger partial charge in [0, 0.05) is 36.1 Å². The van der Waals surface area contributed by atoms with E-state index in [1.807, 2.05) is 12.3 Å². The van der Waals surface area contributed by atoms with Crippen LogP contribution in [0.15, 0.2) is 48.8 Å². The minimum absolute atomic E-state index is 0.0221. The maximum atomic E-state index is 12.7. The average Bonchev–Trinajstić information content (AvgIpc) is 2.62. The van der Waals surface area contributed by atoms with Gasteiger partial charge in [-0.3, -0.25) is 19.4 Å². The van der Waals surface area contributed by atoms with Crippen LogP contribution < -0.4 is 4.72 Å². The molecule has 7 heteroatoms. The normalized spacial score (nSPS) is 16.3. The van der Waals surface area contributed by atoms with Crippen LogP contribution in [0.3, 0.4) is 0 Å². The van der Waals surface area contributed by atoms with E-state index in [1.54, 1.807) is 30.5 Å². The molecule has 6 nitrogen and oxygen atoms in total. The predicted molar refractivity (Wildman–Crippen MR) is 101 cm³/mol. The summed E-state index contributed by atoms with van der Waals surface area (Å²) in [5.41, 5.74) is 2.29. The number of piperidine rings is 1. The standard InChI is InChI=1S/C19H23N3O3S/c1-26(24,25)21-18-6-4-16(5-7-18)19(23)17-8-11-22(12-9-17)14-15-3-2-10-20-13-15/h2-7,10,13,17,21H,8-9,11-12,14H2,1H3. The number of pyridine rings is 1. The summed E-state index contributed by atoms with van der Waals surface area (Å²) in [5, 5.41) is 0. The number of ketones is 1. The van der Waals surface area contributed by atoms with E-state index in [4.69, 9.17) is 0 Å². The number of hydrogen-bond acceptors (Lipinski definition) is 5. The van der Waals surface area contributed by atoms with Gasteiger partial charge in [0.05, 0.1) is 6.26 Å². The SMILES string of the molecule is CS(=O)(=O)Nc1ccc(C(=O)C2CCN(Cc3cccnc3)CC2)cc1. The summed E-state index contributed by atoms with van der Waals surface area (Å²) in [5.74, 6) is 0.158. The van der Waals surface area contributed by atoms with Crippen molar-refractivity contribution in [3.05, 3.63) is 59.9 Å². The molecule has 0 spiro atoms. The monoisotopic (exact) mass is 373 g/mol. The molecule has 1 saturated heterocycles. The van der Waals surface area contributed by atoms with E-state index in [1.165, 1.54) is 5.56 Å². The third-order valence-corrected chi connectivity index (χ3v) is 5.17. The molecule has 1 N–H and O–H groups in total. The molecular formula is C19H23N3O3S. The van der Waals surface area contributed by atoms with E-state index in [2.05, 4.69) is 20.7 Å². The van der Waals surface area contributed by atoms with Crippen LogP contribution in [0.1, 0.15) is 28.8 Å². The van der Waals surface area contributed by atoms with Crippen molar-refractivity contribution in [3.63, 3.8) is 0 Å². The lowest BCUT2D eigenvalue weighted by atomic mass is 9.88. The number of nitrogens with one attached hydrogen (secondary N) is 1. The Labute approximate surface area is 154 Å². The number of aromatic nitrogens is 1. The summed E-state index contributed by atoms with van der Waals surface area (Å²) < 4.78 is 24.9. The first-order valence-electron chi connectivity index (χ1n) is 8.64. The number of anilines is 1. The average molecular weight is 373 g/mol. The Kier molecular flexibility index (Phi) is 5.68. The van der Waals surface area contributed by atoms with Crippen LogP contribution >= 0.6 is 0 Å². The molecule has 0 atom stereocenters. The maximum absolute atomic E-state index is 12.7. The molecule has 0 radical (unpaired) electrons. The Morgan fingerprint density at radius 2 is 1.88 bits per heavy atom. The fourth-order valence-corrected chi connectivity index (χ4v) is 3.82.